The molecular weight excluding hydrogens is 316 g/mol. The molecule has 1 aromatic carbocycles. The Hall–Kier alpha value is -2.56. The number of hydrogen-bond acceptors (Lipinski definition) is 3. The van der Waals surface area contributed by atoms with Crippen molar-refractivity contribution in [2.75, 3.05) is 20.2 Å². The van der Waals surface area contributed by atoms with E-state index in [-0.39, 0.29) is 17.6 Å². The maximum absolute atomic E-state index is 12.7. The van der Waals surface area contributed by atoms with Crippen LogP contribution in [0.1, 0.15) is 39.3 Å². The molecule has 0 atom stereocenters. The highest BCUT2D eigenvalue weighted by molar-refractivity contribution is 5.98. The second kappa shape index (κ2) is 7.13. The Bertz CT molecular complexity index is 749. The summed E-state index contributed by atoms with van der Waals surface area (Å²) in [5.74, 6) is 0.937. The number of carbonyl (C=O) groups excluding carboxylic acids is 2. The monoisotopic (exact) mass is 340 g/mol. The number of benzene rings is 1. The summed E-state index contributed by atoms with van der Waals surface area (Å²) in [7, 11) is 3.50. The van der Waals surface area contributed by atoms with Crippen molar-refractivity contribution in [1.82, 2.24) is 9.47 Å². The molecule has 1 aliphatic rings. The summed E-state index contributed by atoms with van der Waals surface area (Å²) in [4.78, 5) is 27.3. The molecule has 1 aliphatic heterocycles. The van der Waals surface area contributed by atoms with E-state index in [0.717, 1.165) is 17.0 Å². The molecule has 5 heteroatoms. The first-order chi connectivity index (χ1) is 12.0. The Morgan fingerprint density at radius 1 is 1.08 bits per heavy atom. The third kappa shape index (κ3) is 3.45. The molecule has 0 bridgehead atoms. The van der Waals surface area contributed by atoms with Crippen LogP contribution in [-0.2, 0) is 7.05 Å². The summed E-state index contributed by atoms with van der Waals surface area (Å²) in [5, 5.41) is 0. The molecule has 0 saturated carbocycles. The molecule has 2 aromatic rings. The first-order valence-corrected chi connectivity index (χ1v) is 8.60. The Labute approximate surface area is 148 Å². The molecule has 0 N–H and O–H groups in total. The van der Waals surface area contributed by atoms with Crippen molar-refractivity contribution in [3.8, 4) is 5.75 Å². The number of methoxy groups -OCH3 is 1. The molecule has 25 heavy (non-hydrogen) atoms. The quantitative estimate of drug-likeness (QED) is 0.804. The number of hydrogen-bond donors (Lipinski definition) is 0. The molecular formula is C20H24N2O3. The number of likely N-dealkylation sites (tertiary alicyclic amines) is 1. The molecule has 2 heterocycles. The van der Waals surface area contributed by atoms with Gasteiger partial charge in [-0.3, -0.25) is 9.59 Å². The summed E-state index contributed by atoms with van der Waals surface area (Å²) in [5.41, 5.74) is 2.44. The molecule has 1 amide bonds. The van der Waals surface area contributed by atoms with Crippen LogP contribution in [0.5, 0.6) is 5.75 Å². The van der Waals surface area contributed by atoms with E-state index in [0.29, 0.717) is 31.5 Å². The SMILES string of the molecule is COc1ccc(C(=O)C2CCN(C(=O)c3c(C)ccn3C)CC2)cc1. The lowest BCUT2D eigenvalue weighted by molar-refractivity contribution is 0.0642. The van der Waals surface area contributed by atoms with Crippen LogP contribution in [0.3, 0.4) is 0 Å². The number of ether oxygens (including phenoxy) is 1. The normalized spacial score (nSPS) is 15.2. The number of carbonyl (C=O) groups is 2. The highest BCUT2D eigenvalue weighted by atomic mass is 16.5. The van der Waals surface area contributed by atoms with Gasteiger partial charge in [-0.15, -0.1) is 0 Å². The summed E-state index contributed by atoms with van der Waals surface area (Å²) in [6, 6.07) is 9.19. The molecule has 0 radical (unpaired) electrons. The van der Waals surface area contributed by atoms with Crippen molar-refractivity contribution in [3.05, 3.63) is 53.3 Å². The summed E-state index contributed by atoms with van der Waals surface area (Å²) < 4.78 is 7.00. The summed E-state index contributed by atoms with van der Waals surface area (Å²) >= 11 is 0. The van der Waals surface area contributed by atoms with Crippen LogP contribution >= 0.6 is 0 Å². The van der Waals surface area contributed by atoms with Crippen molar-refractivity contribution in [3.63, 3.8) is 0 Å². The fraction of sp³-hybridized carbons (Fsp3) is 0.400. The molecule has 1 saturated heterocycles. The number of ketones is 1. The molecule has 0 unspecified atom stereocenters. The van der Waals surface area contributed by atoms with Crippen molar-refractivity contribution < 1.29 is 14.3 Å². The minimum absolute atomic E-state index is 0.0213. The molecule has 5 nitrogen and oxygen atoms in total. The Morgan fingerprint density at radius 2 is 1.72 bits per heavy atom. The van der Waals surface area contributed by atoms with E-state index in [9.17, 15) is 9.59 Å². The van der Waals surface area contributed by atoms with Crippen LogP contribution in [0.15, 0.2) is 36.5 Å². The summed E-state index contributed by atoms with van der Waals surface area (Å²) in [6.45, 7) is 3.19. The molecule has 0 spiro atoms. The maximum Gasteiger partial charge on any atom is 0.270 e. The zero-order valence-electron chi connectivity index (χ0n) is 15.0. The lowest BCUT2D eigenvalue weighted by Gasteiger charge is -2.31. The standard InChI is InChI=1S/C20H24N2O3/c1-14-8-11-21(2)18(14)20(24)22-12-9-16(10-13-22)19(23)15-4-6-17(25-3)7-5-15/h4-8,11,16H,9-10,12-13H2,1-3H3. The number of piperidine rings is 1. The van der Waals surface area contributed by atoms with Crippen LogP contribution in [0.4, 0.5) is 0 Å². The number of nitrogens with zero attached hydrogens (tertiary/aromatic N) is 2. The van der Waals surface area contributed by atoms with E-state index in [2.05, 4.69) is 0 Å². The van der Waals surface area contributed by atoms with Gasteiger partial charge in [0.2, 0.25) is 0 Å². The van der Waals surface area contributed by atoms with E-state index in [1.54, 1.807) is 7.11 Å². The van der Waals surface area contributed by atoms with Crippen LogP contribution in [-0.4, -0.2) is 41.4 Å². The van der Waals surface area contributed by atoms with E-state index >= 15 is 0 Å². The van der Waals surface area contributed by atoms with Crippen LogP contribution in [0.2, 0.25) is 0 Å². The number of aryl methyl sites for hydroxylation is 2. The van der Waals surface area contributed by atoms with Crippen LogP contribution in [0.25, 0.3) is 0 Å². The maximum atomic E-state index is 12.7. The number of Topliss-reactive ketones (excluding diaryl/α,β-unsaturated/α-hetero) is 1. The molecule has 1 fully saturated rings. The number of amides is 1. The van der Waals surface area contributed by atoms with Crippen molar-refractivity contribution in [2.45, 2.75) is 19.8 Å². The van der Waals surface area contributed by atoms with Gasteiger partial charge >= 0.3 is 0 Å². The van der Waals surface area contributed by atoms with Gasteiger partial charge in [0.05, 0.1) is 7.11 Å². The van der Waals surface area contributed by atoms with Gasteiger partial charge in [-0.1, -0.05) is 0 Å². The van der Waals surface area contributed by atoms with Gasteiger partial charge < -0.3 is 14.2 Å². The smallest absolute Gasteiger partial charge is 0.270 e. The van der Waals surface area contributed by atoms with Crippen LogP contribution < -0.4 is 4.74 Å². The number of rotatable bonds is 4. The van der Waals surface area contributed by atoms with E-state index in [4.69, 9.17) is 4.74 Å². The minimum Gasteiger partial charge on any atom is -0.497 e. The van der Waals surface area contributed by atoms with Crippen molar-refractivity contribution in [1.29, 1.82) is 0 Å². The predicted octanol–water partition coefficient (Wildman–Crippen LogP) is 3.08. The van der Waals surface area contributed by atoms with Gasteiger partial charge in [0.25, 0.3) is 5.91 Å². The Morgan fingerprint density at radius 3 is 2.24 bits per heavy atom. The fourth-order valence-corrected chi connectivity index (χ4v) is 3.46. The second-order valence-corrected chi connectivity index (χ2v) is 6.62. The first kappa shape index (κ1) is 17.3. The Kier molecular flexibility index (Phi) is 4.93. The van der Waals surface area contributed by atoms with E-state index in [1.807, 2.05) is 60.0 Å². The van der Waals surface area contributed by atoms with Gasteiger partial charge in [0.15, 0.2) is 5.78 Å². The summed E-state index contributed by atoms with van der Waals surface area (Å²) in [6.07, 6.45) is 3.32. The van der Waals surface area contributed by atoms with Crippen LogP contribution in [0, 0.1) is 12.8 Å². The first-order valence-electron chi connectivity index (χ1n) is 8.60. The molecule has 0 aliphatic carbocycles. The molecule has 132 valence electrons. The van der Waals surface area contributed by atoms with Gasteiger partial charge in [0.1, 0.15) is 11.4 Å². The third-order valence-corrected chi connectivity index (χ3v) is 5.00. The molecule has 3 rings (SSSR count). The average Bonchev–Trinajstić information content (AvgIpc) is 2.99. The number of aromatic nitrogens is 1. The van der Waals surface area contributed by atoms with Gasteiger partial charge in [-0.2, -0.15) is 0 Å². The van der Waals surface area contributed by atoms with Crippen molar-refractivity contribution >= 4 is 11.7 Å². The van der Waals surface area contributed by atoms with Gasteiger partial charge in [-0.25, -0.2) is 0 Å². The van der Waals surface area contributed by atoms with Gasteiger partial charge in [0, 0.05) is 37.8 Å². The average molecular weight is 340 g/mol. The fourth-order valence-electron chi connectivity index (χ4n) is 3.46. The van der Waals surface area contributed by atoms with Crippen molar-refractivity contribution in [2.24, 2.45) is 13.0 Å². The Balaban J connectivity index is 1.63. The molecule has 1 aromatic heterocycles. The topological polar surface area (TPSA) is 51.5 Å². The zero-order chi connectivity index (χ0) is 18.0. The zero-order valence-corrected chi connectivity index (χ0v) is 15.0. The second-order valence-electron chi connectivity index (χ2n) is 6.62. The highest BCUT2D eigenvalue weighted by Gasteiger charge is 2.29. The van der Waals surface area contributed by atoms with E-state index < -0.39 is 0 Å². The minimum atomic E-state index is -0.0213. The lowest BCUT2D eigenvalue weighted by atomic mass is 9.88. The third-order valence-electron chi connectivity index (χ3n) is 5.00. The van der Waals surface area contributed by atoms with E-state index in [1.165, 1.54) is 0 Å². The van der Waals surface area contributed by atoms with Gasteiger partial charge in [-0.05, 0) is 55.7 Å². The largest absolute Gasteiger partial charge is 0.497 e. The highest BCUT2D eigenvalue weighted by Crippen LogP contribution is 2.24. The lowest BCUT2D eigenvalue weighted by Crippen LogP contribution is -2.41. The predicted molar refractivity (Wildman–Crippen MR) is 96.1 cm³/mol.